The first-order chi connectivity index (χ1) is 7.06. The first-order valence-electron chi connectivity index (χ1n) is 5.36. The largest absolute Gasteiger partial charge is 0.370 e. The zero-order valence-electron chi connectivity index (χ0n) is 9.29. The molecule has 0 aromatic rings. The summed E-state index contributed by atoms with van der Waals surface area (Å²) in [5, 5.41) is 2.75. The van der Waals surface area contributed by atoms with Gasteiger partial charge >= 0.3 is 0 Å². The molecule has 0 heterocycles. The van der Waals surface area contributed by atoms with Crippen molar-refractivity contribution in [3.8, 4) is 0 Å². The van der Waals surface area contributed by atoms with Gasteiger partial charge in [0, 0.05) is 25.4 Å². The van der Waals surface area contributed by atoms with Gasteiger partial charge in [-0.05, 0) is 19.3 Å². The van der Waals surface area contributed by atoms with Gasteiger partial charge in [0.05, 0.1) is 0 Å². The Morgan fingerprint density at radius 3 is 2.53 bits per heavy atom. The van der Waals surface area contributed by atoms with Gasteiger partial charge in [0.15, 0.2) is 0 Å². The van der Waals surface area contributed by atoms with E-state index in [1.165, 1.54) is 0 Å². The molecule has 0 radical (unpaired) electrons. The summed E-state index contributed by atoms with van der Waals surface area (Å²) in [6.45, 7) is 2.54. The third-order valence-electron chi connectivity index (χ3n) is 2.14. The third kappa shape index (κ3) is 9.21. The van der Waals surface area contributed by atoms with Crippen LogP contribution in [0.2, 0.25) is 0 Å². The standard InChI is InChI=1S/C10H21N3O2/c1-2-8(11)7-10(15)13-6-4-3-5-9(12)14/h8H,2-7,11H2,1H3,(H2,12,14)(H,13,15). The first kappa shape index (κ1) is 13.9. The average molecular weight is 215 g/mol. The van der Waals surface area contributed by atoms with Gasteiger partial charge in [0.1, 0.15) is 0 Å². The molecule has 0 saturated heterocycles. The lowest BCUT2D eigenvalue weighted by Crippen LogP contribution is -2.31. The van der Waals surface area contributed by atoms with Crippen molar-refractivity contribution in [2.75, 3.05) is 6.54 Å². The minimum atomic E-state index is -0.297. The Hall–Kier alpha value is -1.10. The number of hydrogen-bond acceptors (Lipinski definition) is 3. The number of amides is 2. The fraction of sp³-hybridized carbons (Fsp3) is 0.800. The topological polar surface area (TPSA) is 98.2 Å². The number of carbonyl (C=O) groups is 2. The molecule has 5 N–H and O–H groups in total. The Morgan fingerprint density at radius 2 is 2.00 bits per heavy atom. The lowest BCUT2D eigenvalue weighted by atomic mass is 10.1. The molecule has 0 aliphatic rings. The molecule has 0 aromatic heterocycles. The summed E-state index contributed by atoms with van der Waals surface area (Å²) in [5.41, 5.74) is 10.6. The van der Waals surface area contributed by atoms with Crippen LogP contribution in [-0.4, -0.2) is 24.4 Å². The van der Waals surface area contributed by atoms with Crippen LogP contribution < -0.4 is 16.8 Å². The van der Waals surface area contributed by atoms with E-state index in [1.54, 1.807) is 0 Å². The quantitative estimate of drug-likeness (QED) is 0.492. The minimum Gasteiger partial charge on any atom is -0.370 e. The van der Waals surface area contributed by atoms with E-state index < -0.39 is 0 Å². The minimum absolute atomic E-state index is 0.0246. The lowest BCUT2D eigenvalue weighted by Gasteiger charge is -2.08. The maximum atomic E-state index is 11.2. The molecule has 1 atom stereocenters. The molecule has 0 saturated carbocycles. The predicted octanol–water partition coefficient (Wildman–Crippen LogP) is -0.114. The van der Waals surface area contributed by atoms with Crippen LogP contribution in [-0.2, 0) is 9.59 Å². The normalized spacial score (nSPS) is 12.1. The van der Waals surface area contributed by atoms with Crippen LogP contribution >= 0.6 is 0 Å². The molecule has 0 bridgehead atoms. The Balaban J connectivity index is 3.35. The van der Waals surface area contributed by atoms with Crippen molar-refractivity contribution in [3.63, 3.8) is 0 Å². The summed E-state index contributed by atoms with van der Waals surface area (Å²) in [7, 11) is 0. The average Bonchev–Trinajstić information content (AvgIpc) is 2.16. The second kappa shape index (κ2) is 8.23. The van der Waals surface area contributed by atoms with Gasteiger partial charge < -0.3 is 16.8 Å². The lowest BCUT2D eigenvalue weighted by molar-refractivity contribution is -0.121. The molecule has 88 valence electrons. The highest BCUT2D eigenvalue weighted by atomic mass is 16.1. The molecule has 2 amide bonds. The molecule has 0 aliphatic heterocycles. The van der Waals surface area contributed by atoms with Crippen molar-refractivity contribution < 1.29 is 9.59 Å². The molecule has 15 heavy (non-hydrogen) atoms. The fourth-order valence-electron chi connectivity index (χ4n) is 1.11. The van der Waals surface area contributed by atoms with Crippen molar-refractivity contribution in [2.24, 2.45) is 11.5 Å². The summed E-state index contributed by atoms with van der Waals surface area (Å²) >= 11 is 0. The van der Waals surface area contributed by atoms with E-state index in [1.807, 2.05) is 6.92 Å². The van der Waals surface area contributed by atoms with Gasteiger partial charge in [0.25, 0.3) is 0 Å². The molecule has 5 nitrogen and oxygen atoms in total. The zero-order chi connectivity index (χ0) is 11.7. The highest BCUT2D eigenvalue weighted by molar-refractivity contribution is 5.76. The van der Waals surface area contributed by atoms with Crippen molar-refractivity contribution in [3.05, 3.63) is 0 Å². The zero-order valence-corrected chi connectivity index (χ0v) is 9.29. The monoisotopic (exact) mass is 215 g/mol. The first-order valence-corrected chi connectivity index (χ1v) is 5.36. The number of primary amides is 1. The fourth-order valence-corrected chi connectivity index (χ4v) is 1.11. The van der Waals surface area contributed by atoms with Crippen LogP contribution in [0, 0.1) is 0 Å². The number of carbonyl (C=O) groups excluding carboxylic acids is 2. The van der Waals surface area contributed by atoms with Gasteiger partial charge in [-0.2, -0.15) is 0 Å². The number of hydrogen-bond donors (Lipinski definition) is 3. The van der Waals surface area contributed by atoms with Crippen LogP contribution in [0.4, 0.5) is 0 Å². The number of nitrogens with two attached hydrogens (primary N) is 2. The predicted molar refractivity (Wildman–Crippen MR) is 58.9 cm³/mol. The van der Waals surface area contributed by atoms with Crippen molar-refractivity contribution in [1.82, 2.24) is 5.32 Å². The Morgan fingerprint density at radius 1 is 1.33 bits per heavy atom. The van der Waals surface area contributed by atoms with Crippen molar-refractivity contribution >= 4 is 11.8 Å². The molecule has 0 rings (SSSR count). The highest BCUT2D eigenvalue weighted by Crippen LogP contribution is 1.95. The second-order valence-corrected chi connectivity index (χ2v) is 3.65. The van der Waals surface area contributed by atoms with Gasteiger partial charge in [0.2, 0.25) is 11.8 Å². The summed E-state index contributed by atoms with van der Waals surface area (Å²) in [4.78, 5) is 21.6. The van der Waals surface area contributed by atoms with Crippen LogP contribution in [0.1, 0.15) is 39.0 Å². The third-order valence-corrected chi connectivity index (χ3v) is 2.14. The summed E-state index contributed by atoms with van der Waals surface area (Å²) in [6, 6.07) is -0.0596. The van der Waals surface area contributed by atoms with E-state index in [9.17, 15) is 9.59 Å². The molecule has 0 aliphatic carbocycles. The van der Waals surface area contributed by atoms with Crippen LogP contribution in [0.5, 0.6) is 0 Å². The Kier molecular flexibility index (Phi) is 7.62. The number of unbranched alkanes of at least 4 members (excludes halogenated alkanes) is 1. The van der Waals surface area contributed by atoms with E-state index >= 15 is 0 Å². The van der Waals surface area contributed by atoms with E-state index in [0.717, 1.165) is 19.3 Å². The van der Waals surface area contributed by atoms with E-state index in [-0.39, 0.29) is 17.9 Å². The molecule has 0 aromatic carbocycles. The van der Waals surface area contributed by atoms with E-state index in [0.29, 0.717) is 19.4 Å². The van der Waals surface area contributed by atoms with Crippen LogP contribution in [0.25, 0.3) is 0 Å². The summed E-state index contributed by atoms with van der Waals surface area (Å²) in [5.74, 6) is -0.322. The smallest absolute Gasteiger partial charge is 0.221 e. The van der Waals surface area contributed by atoms with Crippen molar-refractivity contribution in [1.29, 1.82) is 0 Å². The molecule has 5 heteroatoms. The van der Waals surface area contributed by atoms with Gasteiger partial charge in [-0.3, -0.25) is 9.59 Å². The highest BCUT2D eigenvalue weighted by Gasteiger charge is 2.06. The molecule has 0 fully saturated rings. The molecule has 1 unspecified atom stereocenters. The SMILES string of the molecule is CCC(N)CC(=O)NCCCCC(N)=O. The number of rotatable bonds is 8. The molecule has 0 spiro atoms. The maximum absolute atomic E-state index is 11.2. The molecular weight excluding hydrogens is 194 g/mol. The van der Waals surface area contributed by atoms with Crippen LogP contribution in [0.15, 0.2) is 0 Å². The second-order valence-electron chi connectivity index (χ2n) is 3.65. The summed E-state index contributed by atoms with van der Waals surface area (Å²) < 4.78 is 0. The van der Waals surface area contributed by atoms with Crippen molar-refractivity contribution in [2.45, 2.75) is 45.1 Å². The van der Waals surface area contributed by atoms with Gasteiger partial charge in [-0.25, -0.2) is 0 Å². The van der Waals surface area contributed by atoms with Crippen LogP contribution in [0.3, 0.4) is 0 Å². The maximum Gasteiger partial charge on any atom is 0.221 e. The van der Waals surface area contributed by atoms with E-state index in [2.05, 4.69) is 5.32 Å². The number of nitrogens with one attached hydrogen (secondary N) is 1. The van der Waals surface area contributed by atoms with Gasteiger partial charge in [-0.15, -0.1) is 0 Å². The Labute approximate surface area is 90.6 Å². The Bertz CT molecular complexity index is 207. The van der Waals surface area contributed by atoms with Gasteiger partial charge in [-0.1, -0.05) is 6.92 Å². The summed E-state index contributed by atoms with van der Waals surface area (Å²) in [6.07, 6.45) is 3.04. The molecular formula is C10H21N3O2. The van der Waals surface area contributed by atoms with E-state index in [4.69, 9.17) is 11.5 Å².